The van der Waals surface area contributed by atoms with Gasteiger partial charge in [0.1, 0.15) is 6.10 Å². The van der Waals surface area contributed by atoms with E-state index in [0.717, 1.165) is 6.42 Å². The van der Waals surface area contributed by atoms with Crippen molar-refractivity contribution in [2.45, 2.75) is 55.8 Å². The standard InChI is InChI=1S/C23H32F3N3O5S/c1-28(2)21(30)17-11-16(19-8-3-4-9-20(19)34-22(31)23(24,25)26)13-29(14-17)35(32,33)18-7-5-6-15(10-18)12-27/h5-7,10,16-17,19-20H,3-4,8-9,11-14,27H2,1-2H3/t16-,17+,19?,20?/m1/s1. The van der Waals surface area contributed by atoms with E-state index >= 15 is 0 Å². The number of rotatable bonds is 6. The second-order valence-corrected chi connectivity index (χ2v) is 11.4. The van der Waals surface area contributed by atoms with Gasteiger partial charge in [-0.3, -0.25) is 4.79 Å². The van der Waals surface area contributed by atoms with Gasteiger partial charge in [0.25, 0.3) is 0 Å². The number of esters is 1. The smallest absolute Gasteiger partial charge is 0.455 e. The van der Waals surface area contributed by atoms with Crippen LogP contribution in [-0.2, 0) is 30.9 Å². The molecule has 2 fully saturated rings. The van der Waals surface area contributed by atoms with Crippen molar-refractivity contribution in [3.05, 3.63) is 29.8 Å². The quantitative estimate of drug-likeness (QED) is 0.579. The maximum Gasteiger partial charge on any atom is 0.490 e. The predicted octanol–water partition coefficient (Wildman–Crippen LogP) is 2.52. The highest BCUT2D eigenvalue weighted by Gasteiger charge is 2.47. The molecule has 1 aliphatic heterocycles. The highest BCUT2D eigenvalue weighted by atomic mass is 32.2. The molecule has 0 aromatic heterocycles. The number of ether oxygens (including phenoxy) is 1. The number of carbonyl (C=O) groups excluding carboxylic acids is 2. The molecule has 2 N–H and O–H groups in total. The van der Waals surface area contributed by atoms with E-state index in [1.165, 1.54) is 21.3 Å². The molecule has 12 heteroatoms. The Labute approximate surface area is 203 Å². The number of nitrogens with zero attached hydrogens (tertiary/aromatic N) is 2. The minimum Gasteiger partial charge on any atom is -0.455 e. The third-order valence-electron chi connectivity index (χ3n) is 6.86. The molecule has 0 spiro atoms. The van der Waals surface area contributed by atoms with E-state index in [0.29, 0.717) is 24.8 Å². The Kier molecular flexibility index (Phi) is 8.48. The zero-order valence-corrected chi connectivity index (χ0v) is 20.6. The van der Waals surface area contributed by atoms with Crippen LogP contribution in [0, 0.1) is 17.8 Å². The molecule has 1 amide bonds. The van der Waals surface area contributed by atoms with Crippen molar-refractivity contribution in [3.8, 4) is 0 Å². The van der Waals surface area contributed by atoms with E-state index < -0.39 is 46.0 Å². The molecular formula is C23H32F3N3O5S. The number of carbonyl (C=O) groups is 2. The molecule has 1 aliphatic carbocycles. The van der Waals surface area contributed by atoms with Gasteiger partial charge in [-0.25, -0.2) is 13.2 Å². The molecule has 0 bridgehead atoms. The van der Waals surface area contributed by atoms with Crippen LogP contribution in [0.15, 0.2) is 29.2 Å². The van der Waals surface area contributed by atoms with Gasteiger partial charge in [-0.15, -0.1) is 0 Å². The molecule has 196 valence electrons. The third-order valence-corrected chi connectivity index (χ3v) is 8.69. The van der Waals surface area contributed by atoms with Crippen LogP contribution in [0.4, 0.5) is 13.2 Å². The van der Waals surface area contributed by atoms with Crippen LogP contribution >= 0.6 is 0 Å². The van der Waals surface area contributed by atoms with Gasteiger partial charge in [0, 0.05) is 39.6 Å². The molecule has 1 saturated heterocycles. The number of sulfonamides is 1. The maximum atomic E-state index is 13.5. The Bertz CT molecular complexity index is 1030. The molecule has 1 aromatic rings. The molecule has 1 aromatic carbocycles. The largest absolute Gasteiger partial charge is 0.490 e. The summed E-state index contributed by atoms with van der Waals surface area (Å²) in [6.07, 6.45) is -3.72. The van der Waals surface area contributed by atoms with Crippen molar-refractivity contribution >= 4 is 21.9 Å². The SMILES string of the molecule is CN(C)C(=O)[C@H]1C[C@@H](C2CCCCC2OC(=O)C(F)(F)F)CN(S(=O)(=O)c2cccc(CN)c2)C1. The summed E-state index contributed by atoms with van der Waals surface area (Å²) in [5.41, 5.74) is 6.29. The fourth-order valence-electron chi connectivity index (χ4n) is 5.14. The average Bonchev–Trinajstić information content (AvgIpc) is 2.82. The van der Waals surface area contributed by atoms with E-state index in [9.17, 15) is 31.2 Å². The van der Waals surface area contributed by atoms with Crippen LogP contribution in [0.25, 0.3) is 0 Å². The molecule has 4 atom stereocenters. The lowest BCUT2D eigenvalue weighted by Gasteiger charge is -2.43. The lowest BCUT2D eigenvalue weighted by molar-refractivity contribution is -0.210. The number of alkyl halides is 3. The van der Waals surface area contributed by atoms with Crippen molar-refractivity contribution in [1.29, 1.82) is 0 Å². The number of amides is 1. The van der Waals surface area contributed by atoms with Crippen LogP contribution < -0.4 is 5.73 Å². The van der Waals surface area contributed by atoms with Gasteiger partial charge in [0.05, 0.1) is 10.8 Å². The fourth-order valence-corrected chi connectivity index (χ4v) is 6.76. The van der Waals surface area contributed by atoms with Gasteiger partial charge in [-0.05, 0) is 49.3 Å². The first-order valence-corrected chi connectivity index (χ1v) is 13.1. The van der Waals surface area contributed by atoms with Crippen LogP contribution in [0.3, 0.4) is 0 Å². The number of hydrogen-bond donors (Lipinski definition) is 1. The first-order valence-electron chi connectivity index (χ1n) is 11.6. The topological polar surface area (TPSA) is 110 Å². The molecule has 2 unspecified atom stereocenters. The van der Waals surface area contributed by atoms with Gasteiger partial charge < -0.3 is 15.4 Å². The van der Waals surface area contributed by atoms with E-state index in [1.807, 2.05) is 0 Å². The second-order valence-electron chi connectivity index (χ2n) is 9.49. The summed E-state index contributed by atoms with van der Waals surface area (Å²) in [5.74, 6) is -4.10. The summed E-state index contributed by atoms with van der Waals surface area (Å²) in [6.45, 7) is 0.140. The number of piperidine rings is 1. The van der Waals surface area contributed by atoms with Gasteiger partial charge in [0.2, 0.25) is 15.9 Å². The monoisotopic (exact) mass is 519 g/mol. The second kappa shape index (κ2) is 10.8. The fraction of sp³-hybridized carbons (Fsp3) is 0.652. The van der Waals surface area contributed by atoms with Crippen LogP contribution in [0.5, 0.6) is 0 Å². The average molecular weight is 520 g/mol. The maximum absolute atomic E-state index is 13.5. The minimum atomic E-state index is -5.11. The van der Waals surface area contributed by atoms with E-state index in [1.54, 1.807) is 26.2 Å². The van der Waals surface area contributed by atoms with E-state index in [2.05, 4.69) is 0 Å². The van der Waals surface area contributed by atoms with Gasteiger partial charge in [-0.1, -0.05) is 18.6 Å². The minimum absolute atomic E-state index is 0.0249. The van der Waals surface area contributed by atoms with Crippen molar-refractivity contribution in [2.24, 2.45) is 23.5 Å². The van der Waals surface area contributed by atoms with Gasteiger partial charge in [-0.2, -0.15) is 17.5 Å². The molecule has 3 rings (SSSR count). The zero-order valence-electron chi connectivity index (χ0n) is 19.8. The van der Waals surface area contributed by atoms with Crippen molar-refractivity contribution in [1.82, 2.24) is 9.21 Å². The number of benzene rings is 1. The zero-order chi connectivity index (χ0) is 26.0. The lowest BCUT2D eigenvalue weighted by Crippen LogP contribution is -2.52. The van der Waals surface area contributed by atoms with Crippen molar-refractivity contribution in [3.63, 3.8) is 0 Å². The Morgan fingerprint density at radius 2 is 1.86 bits per heavy atom. The summed E-state index contributed by atoms with van der Waals surface area (Å²) in [7, 11) is -0.856. The van der Waals surface area contributed by atoms with E-state index in [4.69, 9.17) is 10.5 Å². The van der Waals surface area contributed by atoms with Crippen molar-refractivity contribution < 1.29 is 35.9 Å². The predicted molar refractivity (Wildman–Crippen MR) is 121 cm³/mol. The number of nitrogens with two attached hydrogens (primary N) is 1. The number of halogens is 3. The van der Waals surface area contributed by atoms with Gasteiger partial charge >= 0.3 is 12.1 Å². The molecule has 2 aliphatic rings. The van der Waals surface area contributed by atoms with Crippen LogP contribution in [0.2, 0.25) is 0 Å². The van der Waals surface area contributed by atoms with Gasteiger partial charge in [0.15, 0.2) is 0 Å². The van der Waals surface area contributed by atoms with Crippen molar-refractivity contribution in [2.75, 3.05) is 27.2 Å². The molecule has 8 nitrogen and oxygen atoms in total. The molecular weight excluding hydrogens is 487 g/mol. The Morgan fingerprint density at radius 1 is 1.17 bits per heavy atom. The Balaban J connectivity index is 1.93. The van der Waals surface area contributed by atoms with Crippen LogP contribution in [-0.4, -0.2) is 69.0 Å². The highest BCUT2D eigenvalue weighted by molar-refractivity contribution is 7.89. The third kappa shape index (κ3) is 6.34. The number of hydrogen-bond acceptors (Lipinski definition) is 6. The normalized spacial score (nSPS) is 26.2. The summed E-state index contributed by atoms with van der Waals surface area (Å²) >= 11 is 0. The summed E-state index contributed by atoms with van der Waals surface area (Å²) in [4.78, 5) is 25.9. The van der Waals surface area contributed by atoms with Crippen LogP contribution in [0.1, 0.15) is 37.7 Å². The molecule has 1 heterocycles. The first-order chi connectivity index (χ1) is 16.3. The lowest BCUT2D eigenvalue weighted by atomic mass is 9.73. The first kappa shape index (κ1) is 27.4. The highest BCUT2D eigenvalue weighted by Crippen LogP contribution is 2.40. The Hall–Kier alpha value is -2.18. The molecule has 1 saturated carbocycles. The Morgan fingerprint density at radius 3 is 2.49 bits per heavy atom. The molecule has 35 heavy (non-hydrogen) atoms. The summed E-state index contributed by atoms with van der Waals surface area (Å²) in [5, 5.41) is 0. The summed E-state index contributed by atoms with van der Waals surface area (Å²) in [6, 6.07) is 6.23. The summed E-state index contributed by atoms with van der Waals surface area (Å²) < 4.78 is 71.8. The van der Waals surface area contributed by atoms with E-state index in [-0.39, 0.29) is 36.9 Å². The molecule has 0 radical (unpaired) electrons.